The minimum absolute atomic E-state index is 0. The second-order valence-electron chi connectivity index (χ2n) is 3.26. The fraction of sp³-hybridized carbons (Fsp3) is 0.364. The Morgan fingerprint density at radius 1 is 1.25 bits per heavy atom. The summed E-state index contributed by atoms with van der Waals surface area (Å²) in [6, 6.07) is 8.35. The van der Waals surface area contributed by atoms with Crippen LogP contribution in [0, 0.1) is 0 Å². The number of hydrogen-bond donors (Lipinski definition) is 2. The summed E-state index contributed by atoms with van der Waals surface area (Å²) < 4.78 is 0. The van der Waals surface area contributed by atoms with E-state index >= 15 is 0 Å². The Morgan fingerprint density at radius 3 is 2.44 bits per heavy atom. The van der Waals surface area contributed by atoms with Gasteiger partial charge in [-0.2, -0.15) is 0 Å². The van der Waals surface area contributed by atoms with Crippen molar-refractivity contribution >= 4 is 36.3 Å². The third kappa shape index (κ3) is 3.58. The number of rotatable bonds is 3. The van der Waals surface area contributed by atoms with Crippen LogP contribution in [0.15, 0.2) is 29.3 Å². The van der Waals surface area contributed by atoms with Crippen molar-refractivity contribution in [2.24, 2.45) is 4.99 Å². The molecule has 90 valence electrons. The van der Waals surface area contributed by atoms with Crippen LogP contribution in [0.3, 0.4) is 0 Å². The van der Waals surface area contributed by atoms with Crippen molar-refractivity contribution in [2.75, 3.05) is 25.0 Å². The first-order valence-corrected chi connectivity index (χ1v) is 5.03. The first-order chi connectivity index (χ1) is 6.90. The third-order valence-electron chi connectivity index (χ3n) is 2.21. The summed E-state index contributed by atoms with van der Waals surface area (Å²) in [6.45, 7) is 4.91. The van der Waals surface area contributed by atoms with Crippen LogP contribution in [0.5, 0.6) is 0 Å². The topological polar surface area (TPSA) is 36.4 Å². The molecule has 1 aromatic rings. The molecule has 0 atom stereocenters. The monoisotopic (exact) mass is 261 g/mol. The lowest BCUT2D eigenvalue weighted by Crippen LogP contribution is -2.19. The zero-order valence-electron chi connectivity index (χ0n) is 9.19. The molecule has 0 unspecified atom stereocenters. The van der Waals surface area contributed by atoms with E-state index in [4.69, 9.17) is 0 Å². The highest BCUT2D eigenvalue weighted by Gasteiger charge is 2.06. The predicted octanol–water partition coefficient (Wildman–Crippen LogP) is 2.31. The van der Waals surface area contributed by atoms with Crippen LogP contribution in [-0.2, 0) is 0 Å². The zero-order chi connectivity index (χ0) is 9.80. The molecule has 1 aliphatic heterocycles. The van der Waals surface area contributed by atoms with Crippen LogP contribution in [0.25, 0.3) is 0 Å². The maximum atomic E-state index is 4.37. The number of hydrogen-bond acceptors (Lipinski definition) is 3. The van der Waals surface area contributed by atoms with E-state index in [-0.39, 0.29) is 24.8 Å². The molecule has 2 N–H and O–H groups in total. The largest absolute Gasteiger partial charge is 0.385 e. The highest BCUT2D eigenvalue weighted by molar-refractivity contribution is 5.99. The smallest absolute Gasteiger partial charge is 0.128 e. The van der Waals surface area contributed by atoms with Crippen LogP contribution in [0.4, 0.5) is 5.69 Å². The van der Waals surface area contributed by atoms with E-state index in [1.54, 1.807) is 0 Å². The maximum absolute atomic E-state index is 4.37. The van der Waals surface area contributed by atoms with Gasteiger partial charge in [-0.15, -0.1) is 24.8 Å². The van der Waals surface area contributed by atoms with Gasteiger partial charge in [0.25, 0.3) is 0 Å². The molecule has 0 spiro atoms. The number of nitrogens with one attached hydrogen (secondary N) is 2. The third-order valence-corrected chi connectivity index (χ3v) is 2.21. The van der Waals surface area contributed by atoms with Crippen molar-refractivity contribution in [1.29, 1.82) is 0 Å². The quantitative estimate of drug-likeness (QED) is 0.877. The molecule has 1 aromatic carbocycles. The van der Waals surface area contributed by atoms with E-state index in [9.17, 15) is 0 Å². The van der Waals surface area contributed by atoms with Gasteiger partial charge in [-0.25, -0.2) is 0 Å². The van der Waals surface area contributed by atoms with Gasteiger partial charge in [0.2, 0.25) is 0 Å². The average Bonchev–Trinajstić information content (AvgIpc) is 2.72. The number of benzene rings is 1. The van der Waals surface area contributed by atoms with E-state index in [0.717, 1.165) is 31.2 Å². The van der Waals surface area contributed by atoms with Gasteiger partial charge < -0.3 is 10.6 Å². The predicted molar refractivity (Wildman–Crippen MR) is 74.5 cm³/mol. The minimum Gasteiger partial charge on any atom is -0.385 e. The van der Waals surface area contributed by atoms with Crippen LogP contribution in [-0.4, -0.2) is 25.5 Å². The molecular weight excluding hydrogens is 245 g/mol. The van der Waals surface area contributed by atoms with Gasteiger partial charge in [0.15, 0.2) is 0 Å². The van der Waals surface area contributed by atoms with Crippen LogP contribution in [0.1, 0.15) is 12.5 Å². The lowest BCUT2D eigenvalue weighted by molar-refractivity contribution is 0.960. The molecule has 1 aliphatic rings. The number of nitrogens with zero attached hydrogens (tertiary/aromatic N) is 1. The Kier molecular flexibility index (Phi) is 6.93. The molecule has 2 rings (SSSR count). The van der Waals surface area contributed by atoms with E-state index in [1.807, 2.05) is 0 Å². The molecule has 0 bridgehead atoms. The lowest BCUT2D eigenvalue weighted by atomic mass is 10.2. The number of anilines is 1. The summed E-state index contributed by atoms with van der Waals surface area (Å²) in [5.74, 6) is 1.02. The maximum Gasteiger partial charge on any atom is 0.128 e. The minimum atomic E-state index is 0. The number of amidine groups is 1. The molecule has 0 saturated carbocycles. The lowest BCUT2D eigenvalue weighted by Gasteiger charge is -2.05. The first kappa shape index (κ1) is 15.1. The van der Waals surface area contributed by atoms with Crippen LogP contribution >= 0.6 is 24.8 Å². The molecule has 3 nitrogen and oxygen atoms in total. The fourth-order valence-electron chi connectivity index (χ4n) is 1.54. The van der Waals surface area contributed by atoms with Crippen molar-refractivity contribution in [3.63, 3.8) is 0 Å². The van der Waals surface area contributed by atoms with Gasteiger partial charge in [0, 0.05) is 24.3 Å². The SMILES string of the molecule is CCNc1ccc(C2=NCCN2)cc1.Cl.Cl. The molecule has 0 fully saturated rings. The second kappa shape index (κ2) is 7.36. The van der Waals surface area contributed by atoms with Crippen LogP contribution < -0.4 is 10.6 Å². The number of halogens is 2. The van der Waals surface area contributed by atoms with Crippen molar-refractivity contribution in [1.82, 2.24) is 5.32 Å². The van der Waals surface area contributed by atoms with Crippen molar-refractivity contribution in [3.05, 3.63) is 29.8 Å². The Hall–Kier alpha value is -0.930. The number of aliphatic imine (C=N–C) groups is 1. The van der Waals surface area contributed by atoms with E-state index < -0.39 is 0 Å². The zero-order valence-corrected chi connectivity index (χ0v) is 10.8. The summed E-state index contributed by atoms with van der Waals surface area (Å²) in [6.07, 6.45) is 0. The van der Waals surface area contributed by atoms with E-state index in [1.165, 1.54) is 5.56 Å². The van der Waals surface area contributed by atoms with Crippen molar-refractivity contribution < 1.29 is 0 Å². The van der Waals surface area contributed by atoms with Gasteiger partial charge >= 0.3 is 0 Å². The Labute approximate surface area is 109 Å². The molecule has 0 aromatic heterocycles. The fourth-order valence-corrected chi connectivity index (χ4v) is 1.54. The highest BCUT2D eigenvalue weighted by atomic mass is 35.5. The van der Waals surface area contributed by atoms with Gasteiger partial charge in [-0.1, -0.05) is 0 Å². The van der Waals surface area contributed by atoms with Crippen LogP contribution in [0.2, 0.25) is 0 Å². The highest BCUT2D eigenvalue weighted by Crippen LogP contribution is 2.10. The molecule has 0 radical (unpaired) electrons. The standard InChI is InChI=1S/C11H15N3.2ClH/c1-2-12-10-5-3-9(4-6-10)11-13-7-8-14-11;;/h3-6,12H,2,7-8H2,1H3,(H,13,14);2*1H. The van der Waals surface area contributed by atoms with E-state index in [0.29, 0.717) is 0 Å². The van der Waals surface area contributed by atoms with Gasteiger partial charge in [0.05, 0.1) is 6.54 Å². The average molecular weight is 262 g/mol. The summed E-state index contributed by atoms with van der Waals surface area (Å²) in [4.78, 5) is 4.37. The van der Waals surface area contributed by atoms with E-state index in [2.05, 4.69) is 46.8 Å². The van der Waals surface area contributed by atoms with Crippen molar-refractivity contribution in [3.8, 4) is 0 Å². The van der Waals surface area contributed by atoms with Gasteiger partial charge in [-0.05, 0) is 31.2 Å². The Morgan fingerprint density at radius 2 is 1.94 bits per heavy atom. The molecule has 16 heavy (non-hydrogen) atoms. The normalized spacial score (nSPS) is 12.9. The summed E-state index contributed by atoms with van der Waals surface area (Å²) in [7, 11) is 0. The van der Waals surface area contributed by atoms with Crippen molar-refractivity contribution in [2.45, 2.75) is 6.92 Å². The first-order valence-electron chi connectivity index (χ1n) is 5.03. The molecule has 5 heteroatoms. The summed E-state index contributed by atoms with van der Waals surface area (Å²) >= 11 is 0. The second-order valence-corrected chi connectivity index (χ2v) is 3.26. The molecule has 1 heterocycles. The Bertz CT molecular complexity index is 336. The van der Waals surface area contributed by atoms with Gasteiger partial charge in [0.1, 0.15) is 5.84 Å². The summed E-state index contributed by atoms with van der Waals surface area (Å²) in [5.41, 5.74) is 2.33. The van der Waals surface area contributed by atoms with Gasteiger partial charge in [-0.3, -0.25) is 4.99 Å². The summed E-state index contributed by atoms with van der Waals surface area (Å²) in [5, 5.41) is 6.52. The Balaban J connectivity index is 0.00000112. The molecule has 0 aliphatic carbocycles. The molecule has 0 saturated heterocycles. The molecule has 0 amide bonds. The molecular formula is C11H17Cl2N3.